The van der Waals surface area contributed by atoms with Gasteiger partial charge in [-0.15, -0.1) is 0 Å². The lowest BCUT2D eigenvalue weighted by Crippen LogP contribution is -2.22. The molecule has 0 aliphatic heterocycles. The molecule has 0 bridgehead atoms. The molecular weight excluding hydrogens is 319 g/mol. The highest BCUT2D eigenvalue weighted by Gasteiger charge is 2.06. The van der Waals surface area contributed by atoms with Crippen molar-refractivity contribution in [2.75, 3.05) is 0 Å². The fourth-order valence-corrected chi connectivity index (χ4v) is 2.45. The number of hydrogen-bond donors (Lipinski definition) is 0. The molecule has 0 saturated carbocycles. The zero-order chi connectivity index (χ0) is 15.5. The maximum atomic E-state index is 12.0. The van der Waals surface area contributed by atoms with Crippen molar-refractivity contribution in [3.8, 4) is 11.3 Å². The van der Waals surface area contributed by atoms with Gasteiger partial charge < -0.3 is 0 Å². The van der Waals surface area contributed by atoms with Gasteiger partial charge >= 0.3 is 0 Å². The Labute approximate surface area is 137 Å². The van der Waals surface area contributed by atoms with Crippen LogP contribution in [0, 0.1) is 0 Å². The van der Waals surface area contributed by atoms with Gasteiger partial charge in [0.1, 0.15) is 0 Å². The second-order valence-corrected chi connectivity index (χ2v) is 5.66. The summed E-state index contributed by atoms with van der Waals surface area (Å²) in [6.07, 6.45) is 0. The van der Waals surface area contributed by atoms with Gasteiger partial charge in [-0.05, 0) is 29.8 Å². The number of aromatic nitrogens is 2. The van der Waals surface area contributed by atoms with Crippen LogP contribution in [0.15, 0.2) is 65.5 Å². The summed E-state index contributed by atoms with van der Waals surface area (Å²) in [6.45, 7) is 0.333. The van der Waals surface area contributed by atoms with Crippen LogP contribution >= 0.6 is 23.2 Å². The molecule has 0 radical (unpaired) electrons. The average molecular weight is 331 g/mol. The minimum Gasteiger partial charge on any atom is -0.268 e. The molecule has 0 aliphatic rings. The molecule has 0 N–H and O–H groups in total. The van der Waals surface area contributed by atoms with Crippen LogP contribution < -0.4 is 5.56 Å². The van der Waals surface area contributed by atoms with Gasteiger partial charge in [-0.1, -0.05) is 53.5 Å². The number of rotatable bonds is 3. The minimum atomic E-state index is -0.169. The summed E-state index contributed by atoms with van der Waals surface area (Å²) in [5.74, 6) is 0. The van der Waals surface area contributed by atoms with Gasteiger partial charge in [-0.3, -0.25) is 4.79 Å². The van der Waals surface area contributed by atoms with Gasteiger partial charge in [0.25, 0.3) is 5.56 Å². The van der Waals surface area contributed by atoms with Crippen molar-refractivity contribution >= 4 is 23.2 Å². The summed E-state index contributed by atoms with van der Waals surface area (Å²) >= 11 is 12.0. The van der Waals surface area contributed by atoms with Crippen molar-refractivity contribution < 1.29 is 0 Å². The molecule has 22 heavy (non-hydrogen) atoms. The second-order valence-electron chi connectivity index (χ2n) is 4.81. The van der Waals surface area contributed by atoms with Crippen LogP contribution in [0.3, 0.4) is 0 Å². The molecule has 0 fully saturated rings. The zero-order valence-corrected chi connectivity index (χ0v) is 13.1. The first-order valence-electron chi connectivity index (χ1n) is 6.71. The lowest BCUT2D eigenvalue weighted by Gasteiger charge is -2.08. The van der Waals surface area contributed by atoms with Crippen molar-refractivity contribution in [3.63, 3.8) is 0 Å². The van der Waals surface area contributed by atoms with E-state index in [-0.39, 0.29) is 5.56 Å². The third-order valence-corrected chi connectivity index (χ3v) is 3.91. The second kappa shape index (κ2) is 6.34. The fraction of sp³-hybridized carbons (Fsp3) is 0.0588. The largest absolute Gasteiger partial charge is 0.268 e. The molecule has 1 aromatic heterocycles. The first-order chi connectivity index (χ1) is 10.6. The lowest BCUT2D eigenvalue weighted by molar-refractivity contribution is 0.643. The van der Waals surface area contributed by atoms with E-state index in [0.29, 0.717) is 22.3 Å². The average Bonchev–Trinajstić information content (AvgIpc) is 2.52. The highest BCUT2D eigenvalue weighted by atomic mass is 35.5. The summed E-state index contributed by atoms with van der Waals surface area (Å²) in [6, 6.07) is 18.0. The van der Waals surface area contributed by atoms with E-state index in [1.807, 2.05) is 30.3 Å². The van der Waals surface area contributed by atoms with Crippen LogP contribution in [0.4, 0.5) is 0 Å². The Morgan fingerprint density at radius 2 is 1.64 bits per heavy atom. The van der Waals surface area contributed by atoms with Gasteiger partial charge in [-0.25, -0.2) is 4.68 Å². The van der Waals surface area contributed by atoms with E-state index < -0.39 is 0 Å². The van der Waals surface area contributed by atoms with Crippen LogP contribution in [-0.2, 0) is 6.54 Å². The van der Waals surface area contributed by atoms with Crippen LogP contribution in [-0.4, -0.2) is 9.78 Å². The van der Waals surface area contributed by atoms with Crippen LogP contribution in [0.1, 0.15) is 5.56 Å². The number of halogens is 2. The molecule has 3 rings (SSSR count). The van der Waals surface area contributed by atoms with Crippen LogP contribution in [0.5, 0.6) is 0 Å². The molecule has 3 aromatic rings. The van der Waals surface area contributed by atoms with Gasteiger partial charge in [-0.2, -0.15) is 5.10 Å². The highest BCUT2D eigenvalue weighted by molar-refractivity contribution is 6.31. The van der Waals surface area contributed by atoms with Gasteiger partial charge in [0.05, 0.1) is 12.2 Å². The maximum Gasteiger partial charge on any atom is 0.267 e. The fourth-order valence-electron chi connectivity index (χ4n) is 2.12. The molecule has 0 saturated heterocycles. The van der Waals surface area contributed by atoms with E-state index in [1.54, 1.807) is 24.3 Å². The summed E-state index contributed by atoms with van der Waals surface area (Å²) in [5, 5.41) is 5.69. The van der Waals surface area contributed by atoms with E-state index in [4.69, 9.17) is 23.2 Å². The smallest absolute Gasteiger partial charge is 0.267 e. The van der Waals surface area contributed by atoms with Crippen molar-refractivity contribution in [2.24, 2.45) is 0 Å². The Morgan fingerprint density at radius 3 is 2.36 bits per heavy atom. The molecule has 0 spiro atoms. The van der Waals surface area contributed by atoms with Crippen molar-refractivity contribution in [3.05, 3.63) is 86.6 Å². The first kappa shape index (κ1) is 14.8. The number of nitrogens with zero attached hydrogens (tertiary/aromatic N) is 2. The molecule has 0 amide bonds. The van der Waals surface area contributed by atoms with Crippen molar-refractivity contribution in [1.29, 1.82) is 0 Å². The Morgan fingerprint density at radius 1 is 0.909 bits per heavy atom. The molecule has 0 aliphatic carbocycles. The predicted octanol–water partition coefficient (Wildman–Crippen LogP) is 4.27. The summed E-state index contributed by atoms with van der Waals surface area (Å²) in [4.78, 5) is 12.0. The van der Waals surface area contributed by atoms with Gasteiger partial charge in [0, 0.05) is 21.7 Å². The third-order valence-electron chi connectivity index (χ3n) is 3.28. The topological polar surface area (TPSA) is 34.9 Å². The predicted molar refractivity (Wildman–Crippen MR) is 89.5 cm³/mol. The maximum absolute atomic E-state index is 12.0. The lowest BCUT2D eigenvalue weighted by atomic mass is 10.1. The van der Waals surface area contributed by atoms with E-state index >= 15 is 0 Å². The normalized spacial score (nSPS) is 10.6. The molecule has 5 heteroatoms. The van der Waals surface area contributed by atoms with E-state index in [0.717, 1.165) is 11.1 Å². The van der Waals surface area contributed by atoms with Crippen molar-refractivity contribution in [2.45, 2.75) is 6.54 Å². The molecule has 3 nitrogen and oxygen atoms in total. The van der Waals surface area contributed by atoms with Gasteiger partial charge in [0.2, 0.25) is 0 Å². The number of hydrogen-bond acceptors (Lipinski definition) is 2. The van der Waals surface area contributed by atoms with E-state index in [2.05, 4.69) is 5.10 Å². The third kappa shape index (κ3) is 3.21. The van der Waals surface area contributed by atoms with Crippen molar-refractivity contribution in [1.82, 2.24) is 9.78 Å². The Bertz CT molecular complexity index is 857. The first-order valence-corrected chi connectivity index (χ1v) is 7.46. The quantitative estimate of drug-likeness (QED) is 0.718. The molecule has 1 heterocycles. The van der Waals surface area contributed by atoms with Crippen LogP contribution in [0.25, 0.3) is 11.3 Å². The Balaban J connectivity index is 1.98. The van der Waals surface area contributed by atoms with Crippen LogP contribution in [0.2, 0.25) is 10.0 Å². The SMILES string of the molecule is O=c1ccc(-c2ccc(Cl)cc2)nn1Cc1ccccc1Cl. The van der Waals surface area contributed by atoms with E-state index in [1.165, 1.54) is 10.7 Å². The molecule has 0 atom stereocenters. The summed E-state index contributed by atoms with van der Waals surface area (Å²) in [7, 11) is 0. The monoisotopic (exact) mass is 330 g/mol. The Kier molecular flexibility index (Phi) is 4.27. The molecule has 0 unspecified atom stereocenters. The van der Waals surface area contributed by atoms with Gasteiger partial charge in [0.15, 0.2) is 0 Å². The minimum absolute atomic E-state index is 0.169. The number of benzene rings is 2. The van der Waals surface area contributed by atoms with E-state index in [9.17, 15) is 4.79 Å². The molecule has 110 valence electrons. The highest BCUT2D eigenvalue weighted by Crippen LogP contribution is 2.19. The zero-order valence-electron chi connectivity index (χ0n) is 11.5. The molecule has 2 aromatic carbocycles. The standard InChI is InChI=1S/C17H12Cl2N2O/c18-14-7-5-12(6-8-14)16-9-10-17(22)21(20-16)11-13-3-1-2-4-15(13)19/h1-10H,11H2. The molecular formula is C17H12Cl2N2O. The summed E-state index contributed by atoms with van der Waals surface area (Å²) in [5.41, 5.74) is 2.30. The Hall–Kier alpha value is -2.10. The summed E-state index contributed by atoms with van der Waals surface area (Å²) < 4.78 is 1.41.